The van der Waals surface area contributed by atoms with Crippen LogP contribution >= 0.6 is 0 Å². The van der Waals surface area contributed by atoms with Gasteiger partial charge in [0.1, 0.15) is 17.7 Å². The van der Waals surface area contributed by atoms with Crippen LogP contribution in [-0.2, 0) is 30.9 Å². The summed E-state index contributed by atoms with van der Waals surface area (Å²) in [4.78, 5) is 24.6. The highest BCUT2D eigenvalue weighted by molar-refractivity contribution is 7.89. The third-order valence-corrected chi connectivity index (χ3v) is 7.29. The molecule has 2 aromatic carbocycles. The topological polar surface area (TPSA) is 123 Å². The van der Waals surface area contributed by atoms with Gasteiger partial charge in [0.25, 0.3) is 0 Å². The van der Waals surface area contributed by atoms with Crippen molar-refractivity contribution >= 4 is 21.8 Å². The second-order valence-electron chi connectivity index (χ2n) is 7.63. The van der Waals surface area contributed by atoms with Gasteiger partial charge in [-0.25, -0.2) is 8.42 Å². The van der Waals surface area contributed by atoms with Gasteiger partial charge in [-0.05, 0) is 43.2 Å². The Morgan fingerprint density at radius 3 is 2.47 bits per heavy atom. The van der Waals surface area contributed by atoms with Gasteiger partial charge in [0.2, 0.25) is 10.0 Å². The van der Waals surface area contributed by atoms with Crippen LogP contribution in [0, 0.1) is 6.92 Å². The number of carbonyl (C=O) groups excluding carboxylic acids is 2. The number of hydrogen-bond donors (Lipinski definition) is 2. The Morgan fingerprint density at radius 1 is 1.06 bits per heavy atom. The molecular weight excluding hydrogens is 462 g/mol. The summed E-state index contributed by atoms with van der Waals surface area (Å²) in [7, 11) is -0.861. The van der Waals surface area contributed by atoms with Crippen LogP contribution in [0.25, 0.3) is 0 Å². The van der Waals surface area contributed by atoms with Crippen molar-refractivity contribution in [2.24, 2.45) is 0 Å². The van der Waals surface area contributed by atoms with Crippen molar-refractivity contribution in [2.45, 2.75) is 31.0 Å². The predicted molar refractivity (Wildman–Crippen MR) is 124 cm³/mol. The number of carbonyl (C=O) groups is 2. The molecule has 0 aliphatic carbocycles. The first-order valence-corrected chi connectivity index (χ1v) is 12.2. The minimum atomic E-state index is -3.89. The van der Waals surface area contributed by atoms with E-state index in [0.29, 0.717) is 35.7 Å². The van der Waals surface area contributed by atoms with E-state index >= 15 is 0 Å². The molecule has 1 saturated heterocycles. The Morgan fingerprint density at radius 2 is 1.76 bits per heavy atom. The van der Waals surface area contributed by atoms with Crippen molar-refractivity contribution in [3.8, 4) is 11.5 Å². The normalized spacial score (nSPS) is 16.5. The summed E-state index contributed by atoms with van der Waals surface area (Å²) < 4.78 is 43.7. The number of ether oxygens (including phenoxy) is 3. The summed E-state index contributed by atoms with van der Waals surface area (Å²) in [5.41, 5.74) is 1.40. The van der Waals surface area contributed by atoms with E-state index in [-0.39, 0.29) is 24.5 Å². The van der Waals surface area contributed by atoms with Gasteiger partial charge in [-0.3, -0.25) is 9.59 Å². The maximum absolute atomic E-state index is 13.2. The molecule has 0 radical (unpaired) electrons. The first-order chi connectivity index (χ1) is 16.3. The number of methoxy groups -OCH3 is 2. The van der Waals surface area contributed by atoms with E-state index in [4.69, 9.17) is 14.2 Å². The van der Waals surface area contributed by atoms with Crippen LogP contribution in [0.2, 0.25) is 0 Å². The van der Waals surface area contributed by atoms with Crippen molar-refractivity contribution in [3.63, 3.8) is 0 Å². The number of hydrogen-bond acceptors (Lipinski definition) is 7. The van der Waals surface area contributed by atoms with Gasteiger partial charge < -0.3 is 24.8 Å². The molecule has 0 spiro atoms. The van der Waals surface area contributed by atoms with E-state index in [1.165, 1.54) is 30.7 Å². The average molecular weight is 492 g/mol. The quantitative estimate of drug-likeness (QED) is 0.532. The van der Waals surface area contributed by atoms with Gasteiger partial charge in [-0.1, -0.05) is 18.2 Å². The lowest BCUT2D eigenvalue weighted by molar-refractivity contribution is -0.140. The van der Waals surface area contributed by atoms with Crippen LogP contribution in [0.5, 0.6) is 11.5 Å². The highest BCUT2D eigenvalue weighted by Gasteiger charge is 2.35. The summed E-state index contributed by atoms with van der Waals surface area (Å²) in [6.45, 7) is 2.26. The maximum atomic E-state index is 13.2. The van der Waals surface area contributed by atoms with Crippen molar-refractivity contribution in [1.82, 2.24) is 14.9 Å². The molecule has 34 heavy (non-hydrogen) atoms. The van der Waals surface area contributed by atoms with Crippen LogP contribution in [0.3, 0.4) is 0 Å². The number of nitrogens with zero attached hydrogens (tertiary/aromatic N) is 1. The number of para-hydroxylation sites is 1. The van der Waals surface area contributed by atoms with Gasteiger partial charge in [-0.15, -0.1) is 0 Å². The second-order valence-corrected chi connectivity index (χ2v) is 9.52. The Balaban J connectivity index is 1.62. The van der Waals surface area contributed by atoms with E-state index in [2.05, 4.69) is 10.6 Å². The third-order valence-electron chi connectivity index (χ3n) is 5.40. The Labute approximate surface area is 199 Å². The zero-order chi connectivity index (χ0) is 24.7. The van der Waals surface area contributed by atoms with Gasteiger partial charge in [0.15, 0.2) is 0 Å². The molecular formula is C23H29N3O7S. The molecule has 10 nitrogen and oxygen atoms in total. The molecule has 1 aliphatic rings. The lowest BCUT2D eigenvalue weighted by Crippen LogP contribution is -2.53. The highest BCUT2D eigenvalue weighted by atomic mass is 32.2. The van der Waals surface area contributed by atoms with Crippen molar-refractivity contribution in [1.29, 1.82) is 0 Å². The minimum Gasteiger partial charge on any atom is -0.496 e. The summed E-state index contributed by atoms with van der Waals surface area (Å²) in [5, 5.41) is 5.00. The summed E-state index contributed by atoms with van der Waals surface area (Å²) in [6, 6.07) is 11.7. The Kier molecular flexibility index (Phi) is 8.48. The van der Waals surface area contributed by atoms with Crippen molar-refractivity contribution < 1.29 is 32.2 Å². The molecule has 1 atom stereocenters. The van der Waals surface area contributed by atoms with Gasteiger partial charge >= 0.3 is 11.8 Å². The van der Waals surface area contributed by atoms with Crippen molar-refractivity contribution in [3.05, 3.63) is 53.6 Å². The zero-order valence-corrected chi connectivity index (χ0v) is 20.2. The standard InChI is InChI=1S/C23H29N3O7S/c1-16-13-18(9-10-19(16)31-2)34(29,30)26-11-6-12-33-21(26)15-25-23(28)22(27)24-14-17-7-4-5-8-20(17)32-3/h4-5,7-10,13,21H,6,11-12,14-15H2,1-3H3,(H,24,27)(H,25,28). The highest BCUT2D eigenvalue weighted by Crippen LogP contribution is 2.26. The van der Waals surface area contributed by atoms with Gasteiger partial charge in [0.05, 0.1) is 32.3 Å². The molecule has 3 rings (SSSR count). The number of amides is 2. The second kappa shape index (κ2) is 11.3. The zero-order valence-electron chi connectivity index (χ0n) is 19.4. The predicted octanol–water partition coefficient (Wildman–Crippen LogP) is 1.18. The first-order valence-electron chi connectivity index (χ1n) is 10.7. The number of benzene rings is 2. The molecule has 2 N–H and O–H groups in total. The van der Waals surface area contributed by atoms with Crippen LogP contribution < -0.4 is 20.1 Å². The molecule has 2 aromatic rings. The molecule has 2 amide bonds. The number of aryl methyl sites for hydroxylation is 1. The van der Waals surface area contributed by atoms with Gasteiger partial charge in [0, 0.05) is 18.7 Å². The fraction of sp³-hybridized carbons (Fsp3) is 0.391. The largest absolute Gasteiger partial charge is 0.496 e. The maximum Gasteiger partial charge on any atom is 0.309 e. The monoisotopic (exact) mass is 491 g/mol. The van der Waals surface area contributed by atoms with E-state index < -0.39 is 28.1 Å². The Hall–Kier alpha value is -3.15. The summed E-state index contributed by atoms with van der Waals surface area (Å²) in [5.74, 6) is -0.561. The minimum absolute atomic E-state index is 0.0992. The molecule has 184 valence electrons. The molecule has 1 aliphatic heterocycles. The van der Waals surface area contributed by atoms with E-state index in [1.54, 1.807) is 37.3 Å². The smallest absolute Gasteiger partial charge is 0.309 e. The third kappa shape index (κ3) is 5.85. The van der Waals surface area contributed by atoms with Crippen LogP contribution in [-0.4, -0.2) is 64.7 Å². The lowest BCUT2D eigenvalue weighted by atomic mass is 10.2. The van der Waals surface area contributed by atoms with Crippen LogP contribution in [0.15, 0.2) is 47.4 Å². The van der Waals surface area contributed by atoms with Crippen LogP contribution in [0.4, 0.5) is 0 Å². The summed E-state index contributed by atoms with van der Waals surface area (Å²) >= 11 is 0. The number of sulfonamides is 1. The fourth-order valence-electron chi connectivity index (χ4n) is 3.61. The number of nitrogens with one attached hydrogen (secondary N) is 2. The Bertz CT molecular complexity index is 1140. The van der Waals surface area contributed by atoms with E-state index in [1.807, 2.05) is 0 Å². The molecule has 1 fully saturated rings. The van der Waals surface area contributed by atoms with E-state index in [0.717, 1.165) is 0 Å². The average Bonchev–Trinajstić information content (AvgIpc) is 2.85. The SMILES string of the molecule is COc1ccc(S(=O)(=O)N2CCCOC2CNC(=O)C(=O)NCc2ccccc2OC)cc1C. The molecule has 1 heterocycles. The molecule has 0 saturated carbocycles. The van der Waals surface area contributed by atoms with Gasteiger partial charge in [-0.2, -0.15) is 4.31 Å². The van der Waals surface area contributed by atoms with Crippen LogP contribution in [0.1, 0.15) is 17.5 Å². The fourth-order valence-corrected chi connectivity index (χ4v) is 5.27. The van der Waals surface area contributed by atoms with Crippen molar-refractivity contribution in [2.75, 3.05) is 33.9 Å². The molecule has 0 bridgehead atoms. The van der Waals surface area contributed by atoms with E-state index in [9.17, 15) is 18.0 Å². The summed E-state index contributed by atoms with van der Waals surface area (Å²) in [6.07, 6.45) is -0.426. The molecule has 1 unspecified atom stereocenters. The molecule has 11 heteroatoms. The first kappa shape index (κ1) is 25.5. The molecule has 0 aromatic heterocycles. The number of rotatable bonds is 8. The lowest BCUT2D eigenvalue weighted by Gasteiger charge is -2.34.